The lowest BCUT2D eigenvalue weighted by atomic mass is 10.2. The number of nitro groups is 2. The van der Waals surface area contributed by atoms with Crippen LogP contribution in [0.4, 0.5) is 11.4 Å². The van der Waals surface area contributed by atoms with E-state index in [4.69, 9.17) is 13.6 Å². The maximum absolute atomic E-state index is 12.2. The van der Waals surface area contributed by atoms with E-state index < -0.39 is 34.8 Å². The third-order valence-electron chi connectivity index (χ3n) is 2.14. The zero-order chi connectivity index (χ0) is 16.0. The van der Waals surface area contributed by atoms with E-state index in [0.717, 1.165) is 12.1 Å². The molecule has 0 atom stereocenters. The van der Waals surface area contributed by atoms with E-state index in [9.17, 15) is 24.8 Å². The van der Waals surface area contributed by atoms with Gasteiger partial charge in [0.25, 0.3) is 0 Å². The van der Waals surface area contributed by atoms with Gasteiger partial charge in [0.2, 0.25) is 5.75 Å². The number of rotatable bonds is 8. The number of phosphoric ester groups is 1. The molecule has 0 aromatic heterocycles. The third kappa shape index (κ3) is 4.22. The van der Waals surface area contributed by atoms with Crippen molar-refractivity contribution in [3.63, 3.8) is 0 Å². The van der Waals surface area contributed by atoms with E-state index in [1.165, 1.54) is 19.9 Å². The highest BCUT2D eigenvalue weighted by atomic mass is 31.2. The minimum absolute atomic E-state index is 0.0278. The Morgan fingerprint density at radius 1 is 1.10 bits per heavy atom. The van der Waals surface area contributed by atoms with Gasteiger partial charge in [-0.3, -0.25) is 29.3 Å². The minimum Gasteiger partial charge on any atom is -0.396 e. The van der Waals surface area contributed by atoms with Gasteiger partial charge in [0, 0.05) is 6.07 Å². The standard InChI is InChI=1S/C10H13N2O8P/c1-3-18-21(17,19-4-2)20-9-7-5-6-8(11(13)14)10(9)12(15)16/h5-7H,3-4H2,1-2H3. The molecule has 1 rings (SSSR count). The van der Waals surface area contributed by atoms with Gasteiger partial charge in [-0.05, 0) is 19.9 Å². The predicted octanol–water partition coefficient (Wildman–Crippen LogP) is 3.06. The summed E-state index contributed by atoms with van der Waals surface area (Å²) in [5, 5.41) is 21.8. The summed E-state index contributed by atoms with van der Waals surface area (Å²) in [5.41, 5.74) is -1.70. The van der Waals surface area contributed by atoms with Crippen LogP contribution in [0.2, 0.25) is 0 Å². The van der Waals surface area contributed by atoms with Gasteiger partial charge in [0.1, 0.15) is 0 Å². The lowest BCUT2D eigenvalue weighted by Crippen LogP contribution is -2.05. The van der Waals surface area contributed by atoms with Crippen LogP contribution in [0, 0.1) is 20.2 Å². The van der Waals surface area contributed by atoms with Gasteiger partial charge in [-0.15, -0.1) is 0 Å². The van der Waals surface area contributed by atoms with E-state index in [2.05, 4.69) is 0 Å². The van der Waals surface area contributed by atoms with Gasteiger partial charge in [-0.1, -0.05) is 6.07 Å². The second-order valence-corrected chi connectivity index (χ2v) is 5.11. The number of phosphoric acid groups is 1. The van der Waals surface area contributed by atoms with Crippen molar-refractivity contribution in [2.75, 3.05) is 13.2 Å². The quantitative estimate of drug-likeness (QED) is 0.405. The molecule has 0 aliphatic rings. The highest BCUT2D eigenvalue weighted by molar-refractivity contribution is 7.48. The molecule has 10 nitrogen and oxygen atoms in total. The number of hydrogen-bond donors (Lipinski definition) is 0. The first-order valence-corrected chi connectivity index (χ1v) is 7.31. The molecule has 21 heavy (non-hydrogen) atoms. The summed E-state index contributed by atoms with van der Waals surface area (Å²) in [6.07, 6.45) is 0. The van der Waals surface area contributed by atoms with Crippen molar-refractivity contribution in [1.29, 1.82) is 0 Å². The molecule has 1 aromatic rings. The second kappa shape index (κ2) is 7.11. The molecule has 0 spiro atoms. The Kier molecular flexibility index (Phi) is 5.77. The van der Waals surface area contributed by atoms with Gasteiger partial charge in [-0.25, -0.2) is 4.57 Å². The van der Waals surface area contributed by atoms with Crippen molar-refractivity contribution >= 4 is 19.2 Å². The van der Waals surface area contributed by atoms with Gasteiger partial charge >= 0.3 is 19.2 Å². The molecule has 0 unspecified atom stereocenters. The monoisotopic (exact) mass is 320 g/mol. The molecule has 0 fully saturated rings. The second-order valence-electron chi connectivity index (χ2n) is 3.51. The Morgan fingerprint density at radius 3 is 2.10 bits per heavy atom. The molecular weight excluding hydrogens is 307 g/mol. The molecule has 116 valence electrons. The normalized spacial score (nSPS) is 11.1. The van der Waals surface area contributed by atoms with Gasteiger partial charge in [0.05, 0.1) is 23.1 Å². The van der Waals surface area contributed by atoms with E-state index in [0.29, 0.717) is 0 Å². The van der Waals surface area contributed by atoms with Crippen LogP contribution >= 0.6 is 7.82 Å². The molecule has 0 aliphatic heterocycles. The van der Waals surface area contributed by atoms with Crippen molar-refractivity contribution in [1.82, 2.24) is 0 Å². The SMILES string of the molecule is CCOP(=O)(OCC)Oc1cccc([N+](=O)[O-])c1[N+](=O)[O-]. The zero-order valence-electron chi connectivity index (χ0n) is 11.3. The summed E-state index contributed by atoms with van der Waals surface area (Å²) in [6, 6.07) is 3.19. The van der Waals surface area contributed by atoms with Crippen LogP contribution in [-0.2, 0) is 13.6 Å². The molecule has 0 heterocycles. The fourth-order valence-electron chi connectivity index (χ4n) is 1.44. The molecule has 1 aromatic carbocycles. The fourth-order valence-corrected chi connectivity index (χ4v) is 2.64. The first-order chi connectivity index (χ1) is 9.84. The Morgan fingerprint density at radius 2 is 1.67 bits per heavy atom. The Bertz CT molecular complexity index is 580. The van der Waals surface area contributed by atoms with Gasteiger partial charge in [-0.2, -0.15) is 0 Å². The molecule has 0 saturated carbocycles. The van der Waals surface area contributed by atoms with Crippen LogP contribution in [0.25, 0.3) is 0 Å². The number of para-hydroxylation sites is 1. The lowest BCUT2D eigenvalue weighted by molar-refractivity contribution is -0.422. The number of hydrogen-bond acceptors (Lipinski definition) is 8. The van der Waals surface area contributed by atoms with Crippen molar-refractivity contribution in [3.05, 3.63) is 38.4 Å². The lowest BCUT2D eigenvalue weighted by Gasteiger charge is -2.16. The Labute approximate surface area is 119 Å². The van der Waals surface area contributed by atoms with Gasteiger partial charge in [0.15, 0.2) is 0 Å². The summed E-state index contributed by atoms with van der Waals surface area (Å²) in [6.45, 7) is 2.99. The highest BCUT2D eigenvalue weighted by Gasteiger charge is 2.35. The van der Waals surface area contributed by atoms with Crippen molar-refractivity contribution in [2.24, 2.45) is 0 Å². The maximum atomic E-state index is 12.2. The van der Waals surface area contributed by atoms with Crippen LogP contribution < -0.4 is 4.52 Å². The van der Waals surface area contributed by atoms with Crippen molar-refractivity contribution in [2.45, 2.75) is 13.8 Å². The maximum Gasteiger partial charge on any atom is 0.530 e. The van der Waals surface area contributed by atoms with E-state index >= 15 is 0 Å². The molecular formula is C10H13N2O8P. The largest absolute Gasteiger partial charge is 0.530 e. The predicted molar refractivity (Wildman–Crippen MR) is 71.2 cm³/mol. The van der Waals surface area contributed by atoms with Crippen LogP contribution in [0.15, 0.2) is 18.2 Å². The van der Waals surface area contributed by atoms with Crippen LogP contribution in [0.1, 0.15) is 13.8 Å². The molecule has 0 aliphatic carbocycles. The fraction of sp³-hybridized carbons (Fsp3) is 0.400. The Hall–Kier alpha value is -2.03. The van der Waals surface area contributed by atoms with Crippen molar-refractivity contribution in [3.8, 4) is 5.75 Å². The molecule has 11 heteroatoms. The molecule has 0 N–H and O–H groups in total. The Balaban J connectivity index is 3.30. The number of nitro benzene ring substituents is 2. The first-order valence-electron chi connectivity index (χ1n) is 5.85. The summed E-state index contributed by atoms with van der Waals surface area (Å²) in [5.74, 6) is -0.556. The summed E-state index contributed by atoms with van der Waals surface area (Å²) >= 11 is 0. The summed E-state index contributed by atoms with van der Waals surface area (Å²) in [4.78, 5) is 19.9. The zero-order valence-corrected chi connectivity index (χ0v) is 12.1. The summed E-state index contributed by atoms with van der Waals surface area (Å²) in [7, 11) is -4.08. The average molecular weight is 320 g/mol. The van der Waals surface area contributed by atoms with Crippen LogP contribution in [0.5, 0.6) is 5.75 Å². The molecule has 0 amide bonds. The van der Waals surface area contributed by atoms with E-state index in [-0.39, 0.29) is 13.2 Å². The first kappa shape index (κ1) is 17.0. The molecule has 0 radical (unpaired) electrons. The van der Waals surface area contributed by atoms with E-state index in [1.54, 1.807) is 0 Å². The van der Waals surface area contributed by atoms with E-state index in [1.807, 2.05) is 0 Å². The highest BCUT2D eigenvalue weighted by Crippen LogP contribution is 2.52. The molecule has 0 bridgehead atoms. The van der Waals surface area contributed by atoms with Crippen molar-refractivity contribution < 1.29 is 28.0 Å². The third-order valence-corrected chi connectivity index (χ3v) is 3.71. The van der Waals surface area contributed by atoms with Crippen LogP contribution in [0.3, 0.4) is 0 Å². The van der Waals surface area contributed by atoms with Crippen LogP contribution in [-0.4, -0.2) is 23.1 Å². The number of benzene rings is 1. The number of nitrogens with zero attached hydrogens (tertiary/aromatic N) is 2. The smallest absolute Gasteiger partial charge is 0.396 e. The average Bonchev–Trinajstić information content (AvgIpc) is 2.38. The van der Waals surface area contributed by atoms with Gasteiger partial charge < -0.3 is 4.52 Å². The molecule has 0 saturated heterocycles. The summed E-state index contributed by atoms with van der Waals surface area (Å²) < 4.78 is 26.8. The minimum atomic E-state index is -4.08. The topological polar surface area (TPSA) is 131 Å².